The zero-order valence-corrected chi connectivity index (χ0v) is 12.3. The third-order valence-corrected chi connectivity index (χ3v) is 4.73. The molecule has 1 aromatic carbocycles. The van der Waals surface area contributed by atoms with Crippen LogP contribution in [0.5, 0.6) is 0 Å². The van der Waals surface area contributed by atoms with E-state index in [2.05, 4.69) is 33.0 Å². The maximum absolute atomic E-state index is 6.38. The van der Waals surface area contributed by atoms with Gasteiger partial charge >= 0.3 is 0 Å². The maximum atomic E-state index is 6.38. The van der Waals surface area contributed by atoms with Gasteiger partial charge in [-0.25, -0.2) is 0 Å². The topological polar surface area (TPSA) is 45.4 Å². The minimum Gasteiger partial charge on any atom is -0.396 e. The summed E-state index contributed by atoms with van der Waals surface area (Å²) in [6.07, 6.45) is 4.69. The number of benzene rings is 1. The van der Waals surface area contributed by atoms with Gasteiger partial charge in [-0.3, -0.25) is 9.88 Å². The highest BCUT2D eigenvalue weighted by atomic mass is 15.3. The van der Waals surface area contributed by atoms with Crippen molar-refractivity contribution in [3.05, 3.63) is 30.5 Å². The molecule has 1 aliphatic carbocycles. The Bertz CT molecular complexity index is 642. The molecule has 0 atom stereocenters. The number of nitrogens with zero attached hydrogens (tertiary/aromatic N) is 3. The second kappa shape index (κ2) is 5.19. The Balaban J connectivity index is 1.52. The van der Waals surface area contributed by atoms with Crippen LogP contribution in [0.4, 0.5) is 11.4 Å². The molecule has 0 spiro atoms. The molecule has 2 heterocycles. The van der Waals surface area contributed by atoms with Crippen LogP contribution in [0.3, 0.4) is 0 Å². The first-order chi connectivity index (χ1) is 10.3. The van der Waals surface area contributed by atoms with E-state index in [0.717, 1.165) is 48.7 Å². The van der Waals surface area contributed by atoms with E-state index in [1.54, 1.807) is 0 Å². The quantitative estimate of drug-likeness (QED) is 0.878. The van der Waals surface area contributed by atoms with Crippen LogP contribution in [0.25, 0.3) is 10.9 Å². The Hall–Kier alpha value is -1.81. The van der Waals surface area contributed by atoms with Gasteiger partial charge in [-0.2, -0.15) is 0 Å². The number of nitrogen functional groups attached to an aromatic ring is 1. The van der Waals surface area contributed by atoms with Crippen molar-refractivity contribution in [2.75, 3.05) is 43.4 Å². The summed E-state index contributed by atoms with van der Waals surface area (Å²) in [4.78, 5) is 9.40. The number of pyridine rings is 1. The highest BCUT2D eigenvalue weighted by molar-refractivity contribution is 5.97. The molecule has 2 fully saturated rings. The number of fused-ring (bicyclic) bond motifs is 1. The van der Waals surface area contributed by atoms with Crippen molar-refractivity contribution in [1.82, 2.24) is 9.88 Å². The molecular formula is C17H22N4. The molecule has 2 aliphatic rings. The molecule has 2 aromatic rings. The first-order valence-electron chi connectivity index (χ1n) is 7.92. The summed E-state index contributed by atoms with van der Waals surface area (Å²) in [5.74, 6) is 0.980. The summed E-state index contributed by atoms with van der Waals surface area (Å²) in [5, 5.41) is 1.07. The summed E-state index contributed by atoms with van der Waals surface area (Å²) in [6.45, 7) is 5.75. The third-order valence-electron chi connectivity index (χ3n) is 4.73. The van der Waals surface area contributed by atoms with Gasteiger partial charge < -0.3 is 10.6 Å². The highest BCUT2D eigenvalue weighted by Gasteiger charge is 2.26. The molecule has 0 radical (unpaired) electrons. The number of hydrogen-bond donors (Lipinski definition) is 1. The lowest BCUT2D eigenvalue weighted by atomic mass is 10.1. The van der Waals surface area contributed by atoms with E-state index in [0.29, 0.717) is 0 Å². The Morgan fingerprint density at radius 2 is 1.90 bits per heavy atom. The minimum absolute atomic E-state index is 0.872. The van der Waals surface area contributed by atoms with Crippen molar-refractivity contribution in [3.8, 4) is 0 Å². The van der Waals surface area contributed by atoms with Crippen LogP contribution >= 0.6 is 0 Å². The van der Waals surface area contributed by atoms with Crippen LogP contribution in [0, 0.1) is 5.92 Å². The molecule has 21 heavy (non-hydrogen) atoms. The molecule has 4 rings (SSSR count). The van der Waals surface area contributed by atoms with E-state index in [1.165, 1.54) is 25.1 Å². The molecule has 1 saturated heterocycles. The van der Waals surface area contributed by atoms with Gasteiger partial charge in [0, 0.05) is 44.3 Å². The van der Waals surface area contributed by atoms with Gasteiger partial charge in [0.15, 0.2) is 0 Å². The fourth-order valence-corrected chi connectivity index (χ4v) is 3.28. The molecule has 0 amide bonds. The lowest BCUT2D eigenvalue weighted by molar-refractivity contribution is 0.248. The van der Waals surface area contributed by atoms with Crippen molar-refractivity contribution in [1.29, 1.82) is 0 Å². The number of hydrogen-bond acceptors (Lipinski definition) is 4. The highest BCUT2D eigenvalue weighted by Crippen LogP contribution is 2.32. The largest absolute Gasteiger partial charge is 0.396 e. The van der Waals surface area contributed by atoms with E-state index >= 15 is 0 Å². The zero-order valence-electron chi connectivity index (χ0n) is 12.3. The predicted octanol–water partition coefficient (Wildman–Crippen LogP) is 2.35. The van der Waals surface area contributed by atoms with Crippen molar-refractivity contribution >= 4 is 22.3 Å². The SMILES string of the molecule is Nc1c(N2CCN(CC3CC3)CC2)ccc2ncccc12. The molecule has 1 aromatic heterocycles. The smallest absolute Gasteiger partial charge is 0.0724 e. The number of nitrogens with two attached hydrogens (primary N) is 1. The van der Waals surface area contributed by atoms with Gasteiger partial charge in [0.2, 0.25) is 0 Å². The number of rotatable bonds is 3. The first-order valence-corrected chi connectivity index (χ1v) is 7.92. The number of anilines is 2. The fourth-order valence-electron chi connectivity index (χ4n) is 3.28. The Kier molecular flexibility index (Phi) is 3.19. The average Bonchev–Trinajstić information content (AvgIpc) is 3.33. The summed E-state index contributed by atoms with van der Waals surface area (Å²) >= 11 is 0. The van der Waals surface area contributed by atoms with Gasteiger partial charge in [0.05, 0.1) is 16.9 Å². The van der Waals surface area contributed by atoms with Gasteiger partial charge in [-0.05, 0) is 43.0 Å². The van der Waals surface area contributed by atoms with E-state index in [-0.39, 0.29) is 0 Å². The fraction of sp³-hybridized carbons (Fsp3) is 0.471. The van der Waals surface area contributed by atoms with Crippen molar-refractivity contribution in [2.45, 2.75) is 12.8 Å². The summed E-state index contributed by atoms with van der Waals surface area (Å²) < 4.78 is 0. The molecule has 0 bridgehead atoms. The Labute approximate surface area is 125 Å². The Morgan fingerprint density at radius 1 is 1.10 bits per heavy atom. The number of piperazine rings is 1. The molecule has 4 nitrogen and oxygen atoms in total. The van der Waals surface area contributed by atoms with Crippen LogP contribution in [-0.4, -0.2) is 42.6 Å². The van der Waals surface area contributed by atoms with Gasteiger partial charge in [0.25, 0.3) is 0 Å². The molecular weight excluding hydrogens is 260 g/mol. The second-order valence-corrected chi connectivity index (χ2v) is 6.30. The van der Waals surface area contributed by atoms with Crippen LogP contribution in [0.1, 0.15) is 12.8 Å². The van der Waals surface area contributed by atoms with Crippen LogP contribution in [-0.2, 0) is 0 Å². The molecule has 1 saturated carbocycles. The normalized spacial score (nSPS) is 20.1. The van der Waals surface area contributed by atoms with Gasteiger partial charge in [0.1, 0.15) is 0 Å². The van der Waals surface area contributed by atoms with E-state index in [9.17, 15) is 0 Å². The lowest BCUT2D eigenvalue weighted by Crippen LogP contribution is -2.47. The predicted molar refractivity (Wildman–Crippen MR) is 87.5 cm³/mol. The summed E-state index contributed by atoms with van der Waals surface area (Å²) in [5.41, 5.74) is 9.40. The van der Waals surface area contributed by atoms with Crippen LogP contribution in [0.15, 0.2) is 30.5 Å². The van der Waals surface area contributed by atoms with Crippen LogP contribution < -0.4 is 10.6 Å². The van der Waals surface area contributed by atoms with Crippen molar-refractivity contribution in [2.24, 2.45) is 5.92 Å². The number of aromatic nitrogens is 1. The maximum Gasteiger partial charge on any atom is 0.0724 e. The molecule has 2 N–H and O–H groups in total. The average molecular weight is 282 g/mol. The summed E-state index contributed by atoms with van der Waals surface area (Å²) in [6, 6.07) is 8.22. The molecule has 4 heteroatoms. The van der Waals surface area contributed by atoms with E-state index < -0.39 is 0 Å². The van der Waals surface area contributed by atoms with Crippen molar-refractivity contribution in [3.63, 3.8) is 0 Å². The third kappa shape index (κ3) is 2.56. The summed E-state index contributed by atoms with van der Waals surface area (Å²) in [7, 11) is 0. The van der Waals surface area contributed by atoms with Gasteiger partial charge in [-0.1, -0.05) is 0 Å². The standard InChI is InChI=1S/C17H22N4/c18-17-14-2-1-7-19-15(14)5-6-16(17)21-10-8-20(9-11-21)12-13-3-4-13/h1-2,5-7,13H,3-4,8-12,18H2. The van der Waals surface area contributed by atoms with Crippen molar-refractivity contribution < 1.29 is 0 Å². The zero-order chi connectivity index (χ0) is 14.2. The van der Waals surface area contributed by atoms with Crippen LogP contribution in [0.2, 0.25) is 0 Å². The second-order valence-electron chi connectivity index (χ2n) is 6.30. The molecule has 110 valence electrons. The monoisotopic (exact) mass is 282 g/mol. The molecule has 0 unspecified atom stereocenters. The Morgan fingerprint density at radius 3 is 2.67 bits per heavy atom. The van der Waals surface area contributed by atoms with E-state index in [1.807, 2.05) is 12.3 Å². The lowest BCUT2D eigenvalue weighted by Gasteiger charge is -2.36. The van der Waals surface area contributed by atoms with E-state index in [4.69, 9.17) is 5.73 Å². The first kappa shape index (κ1) is 12.9. The molecule has 1 aliphatic heterocycles. The minimum atomic E-state index is 0.872. The van der Waals surface area contributed by atoms with Gasteiger partial charge in [-0.15, -0.1) is 0 Å².